The predicted molar refractivity (Wildman–Crippen MR) is 87.7 cm³/mol. The lowest BCUT2D eigenvalue weighted by atomic mass is 9.87. The molecule has 1 aliphatic heterocycles. The average Bonchev–Trinajstić information content (AvgIpc) is 2.65. The van der Waals surface area contributed by atoms with E-state index < -0.39 is 36.6 Å². The first kappa shape index (κ1) is 18.9. The molecule has 24 heavy (non-hydrogen) atoms. The first-order chi connectivity index (χ1) is 10.9. The number of benzene rings is 1. The van der Waals surface area contributed by atoms with Gasteiger partial charge in [-0.05, 0) is 51.5 Å². The van der Waals surface area contributed by atoms with Gasteiger partial charge in [-0.2, -0.15) is 0 Å². The molecule has 0 bridgehead atoms. The van der Waals surface area contributed by atoms with Gasteiger partial charge in [-0.15, -0.1) is 0 Å². The topological polar surface area (TPSA) is 27.7 Å². The monoisotopic (exact) mass is 342 g/mol. The zero-order valence-electron chi connectivity index (χ0n) is 14.5. The molecular formula is C17H22BF3O3. The van der Waals surface area contributed by atoms with Gasteiger partial charge in [0.05, 0.1) is 11.2 Å². The second kappa shape index (κ2) is 6.45. The van der Waals surface area contributed by atoms with Crippen LogP contribution in [0.3, 0.4) is 0 Å². The van der Waals surface area contributed by atoms with E-state index in [0.29, 0.717) is 5.56 Å². The summed E-state index contributed by atoms with van der Waals surface area (Å²) >= 11 is 0. The van der Waals surface area contributed by atoms with Crippen LogP contribution in [-0.2, 0) is 9.31 Å². The lowest BCUT2D eigenvalue weighted by Crippen LogP contribution is -2.41. The van der Waals surface area contributed by atoms with E-state index in [0.717, 1.165) is 6.92 Å². The van der Waals surface area contributed by atoms with Crippen molar-refractivity contribution < 1.29 is 27.2 Å². The lowest BCUT2D eigenvalue weighted by Gasteiger charge is -2.32. The highest BCUT2D eigenvalue weighted by atomic mass is 19.3. The second-order valence-corrected chi connectivity index (χ2v) is 7.05. The maximum absolute atomic E-state index is 14.4. The predicted octanol–water partition coefficient (Wildman–Crippen LogP) is 4.66. The third-order valence-corrected chi connectivity index (χ3v) is 4.13. The average molecular weight is 342 g/mol. The van der Waals surface area contributed by atoms with Crippen molar-refractivity contribution in [1.29, 1.82) is 0 Å². The summed E-state index contributed by atoms with van der Waals surface area (Å²) in [6, 6.07) is 6.26. The molecule has 7 heteroatoms. The largest absolute Gasteiger partial charge is 0.525 e. The molecule has 2 rings (SSSR count). The Morgan fingerprint density at radius 3 is 2.33 bits per heavy atom. The van der Waals surface area contributed by atoms with Crippen LogP contribution in [0, 0.1) is 0 Å². The highest BCUT2D eigenvalue weighted by Crippen LogP contribution is 2.39. The Morgan fingerprint density at radius 1 is 1.21 bits per heavy atom. The molecule has 0 amide bonds. The van der Waals surface area contributed by atoms with Crippen molar-refractivity contribution in [3.05, 3.63) is 35.6 Å². The van der Waals surface area contributed by atoms with E-state index in [4.69, 9.17) is 14.0 Å². The fraction of sp³-hybridized carbons (Fsp3) is 0.529. The third-order valence-electron chi connectivity index (χ3n) is 4.13. The van der Waals surface area contributed by atoms with Crippen LogP contribution in [-0.4, -0.2) is 30.8 Å². The highest BCUT2D eigenvalue weighted by Gasteiger charge is 2.53. The van der Waals surface area contributed by atoms with Crippen LogP contribution in [0.1, 0.15) is 40.2 Å². The van der Waals surface area contributed by atoms with Crippen molar-refractivity contribution in [3.63, 3.8) is 0 Å². The molecule has 1 aromatic carbocycles. The van der Waals surface area contributed by atoms with Crippen molar-refractivity contribution >= 4 is 13.2 Å². The molecule has 132 valence electrons. The molecule has 1 fully saturated rings. The molecule has 0 aliphatic carbocycles. The van der Waals surface area contributed by atoms with E-state index in [1.165, 1.54) is 18.2 Å². The zero-order valence-corrected chi connectivity index (χ0v) is 14.5. The molecule has 0 radical (unpaired) electrons. The van der Waals surface area contributed by atoms with Gasteiger partial charge in [0, 0.05) is 6.92 Å². The fourth-order valence-electron chi connectivity index (χ4n) is 2.09. The molecule has 0 atom stereocenters. The van der Waals surface area contributed by atoms with E-state index in [1.54, 1.807) is 12.1 Å². The summed E-state index contributed by atoms with van der Waals surface area (Å²) in [6.07, 6.45) is 1.25. The standard InChI is InChI=1S/C17H22BF3O3/c1-15(2)16(3,4)24-18(23-15)14(19)10-12-7-6-8-13(9-12)22-11-17(5,20)21/h6-10H,11H2,1-5H3. The molecule has 1 heterocycles. The number of ether oxygens (including phenoxy) is 1. The zero-order chi connectivity index (χ0) is 18.2. The maximum atomic E-state index is 14.4. The highest BCUT2D eigenvalue weighted by molar-refractivity contribution is 6.54. The van der Waals surface area contributed by atoms with Gasteiger partial charge >= 0.3 is 7.12 Å². The smallest absolute Gasteiger partial charge is 0.487 e. The van der Waals surface area contributed by atoms with Crippen LogP contribution in [0.4, 0.5) is 13.2 Å². The van der Waals surface area contributed by atoms with Crippen LogP contribution >= 0.6 is 0 Å². The van der Waals surface area contributed by atoms with E-state index in [9.17, 15) is 13.2 Å². The van der Waals surface area contributed by atoms with Crippen molar-refractivity contribution in [2.75, 3.05) is 6.61 Å². The summed E-state index contributed by atoms with van der Waals surface area (Å²) < 4.78 is 56.4. The summed E-state index contributed by atoms with van der Waals surface area (Å²) in [4.78, 5) is 0. The minimum absolute atomic E-state index is 0.243. The summed E-state index contributed by atoms with van der Waals surface area (Å²) in [6.45, 7) is 7.37. The molecule has 1 aromatic rings. The Morgan fingerprint density at radius 2 is 1.79 bits per heavy atom. The van der Waals surface area contributed by atoms with Crippen molar-refractivity contribution in [2.24, 2.45) is 0 Å². The van der Waals surface area contributed by atoms with Gasteiger partial charge in [0.25, 0.3) is 5.92 Å². The van der Waals surface area contributed by atoms with Crippen LogP contribution in [0.25, 0.3) is 6.08 Å². The Labute approximate surface area is 140 Å². The molecule has 0 spiro atoms. The number of rotatable bonds is 5. The maximum Gasteiger partial charge on any atom is 0.525 e. The molecular weight excluding hydrogens is 320 g/mol. The Balaban J connectivity index is 2.11. The first-order valence-electron chi connectivity index (χ1n) is 7.73. The quantitative estimate of drug-likeness (QED) is 0.729. The minimum Gasteiger partial charge on any atom is -0.487 e. The minimum atomic E-state index is -2.93. The Kier molecular flexibility index (Phi) is 5.07. The third kappa shape index (κ3) is 4.54. The van der Waals surface area contributed by atoms with Crippen molar-refractivity contribution in [1.82, 2.24) is 0 Å². The van der Waals surface area contributed by atoms with Crippen LogP contribution < -0.4 is 4.74 Å². The number of alkyl halides is 2. The summed E-state index contributed by atoms with van der Waals surface area (Å²) in [5.41, 5.74) is -1.40. The SMILES string of the molecule is CC(F)(F)COc1cccc(C=C(F)B2OC(C)(C)C(C)(C)O2)c1. The van der Waals surface area contributed by atoms with E-state index >= 15 is 0 Å². The second-order valence-electron chi connectivity index (χ2n) is 7.05. The normalized spacial score (nSPS) is 20.3. The molecule has 1 aliphatic rings. The van der Waals surface area contributed by atoms with Gasteiger partial charge in [0.15, 0.2) is 6.61 Å². The Bertz CT molecular complexity index is 608. The number of hydrogen-bond donors (Lipinski definition) is 0. The van der Waals surface area contributed by atoms with Gasteiger partial charge < -0.3 is 14.0 Å². The molecule has 3 nitrogen and oxygen atoms in total. The molecule has 0 aromatic heterocycles. The van der Waals surface area contributed by atoms with E-state index in [-0.39, 0.29) is 5.75 Å². The number of hydrogen-bond acceptors (Lipinski definition) is 3. The van der Waals surface area contributed by atoms with Crippen LogP contribution in [0.15, 0.2) is 30.0 Å². The lowest BCUT2D eigenvalue weighted by molar-refractivity contribution is -0.0229. The summed E-state index contributed by atoms with van der Waals surface area (Å²) in [7, 11) is -1.10. The molecule has 0 unspecified atom stereocenters. The van der Waals surface area contributed by atoms with Crippen molar-refractivity contribution in [3.8, 4) is 5.75 Å². The van der Waals surface area contributed by atoms with Gasteiger partial charge in [0.1, 0.15) is 11.5 Å². The van der Waals surface area contributed by atoms with Gasteiger partial charge in [-0.25, -0.2) is 13.2 Å². The van der Waals surface area contributed by atoms with Crippen LogP contribution in [0.5, 0.6) is 5.75 Å². The number of halogens is 3. The van der Waals surface area contributed by atoms with Gasteiger partial charge in [0.2, 0.25) is 0 Å². The summed E-state index contributed by atoms with van der Waals surface area (Å²) in [5, 5.41) is 0. The van der Waals surface area contributed by atoms with Crippen LogP contribution in [0.2, 0.25) is 0 Å². The first-order valence-corrected chi connectivity index (χ1v) is 7.73. The molecule has 0 saturated carbocycles. The van der Waals surface area contributed by atoms with E-state index in [2.05, 4.69) is 0 Å². The van der Waals surface area contributed by atoms with Crippen molar-refractivity contribution in [2.45, 2.75) is 51.7 Å². The Hall–Kier alpha value is -1.47. The van der Waals surface area contributed by atoms with Gasteiger partial charge in [-0.3, -0.25) is 0 Å². The molecule has 0 N–H and O–H groups in total. The summed E-state index contributed by atoms with van der Waals surface area (Å²) in [5.74, 6) is -2.69. The molecule has 1 saturated heterocycles. The fourth-order valence-corrected chi connectivity index (χ4v) is 2.09. The van der Waals surface area contributed by atoms with E-state index in [1.807, 2.05) is 27.7 Å². The van der Waals surface area contributed by atoms with Gasteiger partial charge in [-0.1, -0.05) is 12.1 Å².